The summed E-state index contributed by atoms with van der Waals surface area (Å²) in [4.78, 5) is 0. The molecule has 0 radical (unpaired) electrons. The molecule has 0 aliphatic heterocycles. The van der Waals surface area contributed by atoms with Gasteiger partial charge >= 0.3 is 0 Å². The van der Waals surface area contributed by atoms with Crippen molar-refractivity contribution in [3.05, 3.63) is 29.8 Å². The van der Waals surface area contributed by atoms with Gasteiger partial charge in [0.05, 0.1) is 19.5 Å². The molecule has 0 N–H and O–H groups in total. The molecule has 0 atom stereocenters. The zero-order chi connectivity index (χ0) is 14.8. The molecule has 20 heavy (non-hydrogen) atoms. The van der Waals surface area contributed by atoms with Gasteiger partial charge in [-0.25, -0.2) is 0 Å². The van der Waals surface area contributed by atoms with Crippen LogP contribution in [0.1, 0.15) is 44.6 Å². The average Bonchev–Trinajstić information content (AvgIpc) is 2.41. The lowest BCUT2D eigenvalue weighted by atomic mass is 10.2. The SMILES string of the molecule is CCCCCCCOc1ccc(COS(C)(=O)=O)cc1. The highest BCUT2D eigenvalue weighted by molar-refractivity contribution is 7.85. The second kappa shape index (κ2) is 8.97. The molecule has 114 valence electrons. The fourth-order valence-corrected chi connectivity index (χ4v) is 2.10. The molecule has 0 aliphatic carbocycles. The van der Waals surface area contributed by atoms with Gasteiger partial charge in [-0.1, -0.05) is 44.7 Å². The van der Waals surface area contributed by atoms with Gasteiger partial charge in [-0.3, -0.25) is 4.18 Å². The van der Waals surface area contributed by atoms with Gasteiger partial charge in [0.2, 0.25) is 0 Å². The third-order valence-corrected chi connectivity index (χ3v) is 3.43. The number of benzene rings is 1. The van der Waals surface area contributed by atoms with Crippen LogP contribution in [0.4, 0.5) is 0 Å². The minimum Gasteiger partial charge on any atom is -0.494 e. The summed E-state index contributed by atoms with van der Waals surface area (Å²) in [5, 5.41) is 0. The van der Waals surface area contributed by atoms with Gasteiger partial charge in [0.1, 0.15) is 5.75 Å². The molecular formula is C15H24O4S. The molecule has 0 spiro atoms. The van der Waals surface area contributed by atoms with Crippen molar-refractivity contribution in [1.82, 2.24) is 0 Å². The Morgan fingerprint density at radius 3 is 2.25 bits per heavy atom. The standard InChI is InChI=1S/C15H24O4S/c1-3-4-5-6-7-12-18-15-10-8-14(9-11-15)13-19-20(2,16)17/h8-11H,3-7,12-13H2,1-2H3. The van der Waals surface area contributed by atoms with Crippen LogP contribution in [-0.4, -0.2) is 21.3 Å². The zero-order valence-electron chi connectivity index (χ0n) is 12.3. The molecule has 0 fully saturated rings. The lowest BCUT2D eigenvalue weighted by Crippen LogP contribution is -2.02. The van der Waals surface area contributed by atoms with E-state index in [1.54, 1.807) is 0 Å². The molecule has 1 aromatic carbocycles. The normalized spacial score (nSPS) is 11.5. The monoisotopic (exact) mass is 300 g/mol. The molecule has 0 aliphatic rings. The maximum Gasteiger partial charge on any atom is 0.264 e. The topological polar surface area (TPSA) is 52.6 Å². The van der Waals surface area contributed by atoms with E-state index in [4.69, 9.17) is 8.92 Å². The predicted octanol–water partition coefficient (Wildman–Crippen LogP) is 3.51. The van der Waals surface area contributed by atoms with Crippen LogP contribution in [0.5, 0.6) is 5.75 Å². The molecule has 0 amide bonds. The van der Waals surface area contributed by atoms with Crippen LogP contribution in [0.25, 0.3) is 0 Å². The predicted molar refractivity (Wildman–Crippen MR) is 80.3 cm³/mol. The van der Waals surface area contributed by atoms with Crippen molar-refractivity contribution < 1.29 is 17.3 Å². The van der Waals surface area contributed by atoms with Crippen molar-refractivity contribution in [3.63, 3.8) is 0 Å². The highest BCUT2D eigenvalue weighted by Crippen LogP contribution is 2.14. The Balaban J connectivity index is 2.25. The molecule has 0 aromatic heterocycles. The van der Waals surface area contributed by atoms with Crippen molar-refractivity contribution in [1.29, 1.82) is 0 Å². The van der Waals surface area contributed by atoms with Crippen molar-refractivity contribution in [2.75, 3.05) is 12.9 Å². The fourth-order valence-electron chi connectivity index (χ4n) is 1.75. The van der Waals surface area contributed by atoms with Crippen LogP contribution < -0.4 is 4.74 Å². The summed E-state index contributed by atoms with van der Waals surface area (Å²) in [5.74, 6) is 0.809. The van der Waals surface area contributed by atoms with E-state index in [1.807, 2.05) is 24.3 Å². The Hall–Kier alpha value is -1.07. The third-order valence-electron chi connectivity index (χ3n) is 2.88. The molecule has 4 nitrogen and oxygen atoms in total. The van der Waals surface area contributed by atoms with E-state index in [1.165, 1.54) is 25.7 Å². The van der Waals surface area contributed by atoms with Crippen molar-refractivity contribution in [2.45, 2.75) is 45.6 Å². The van der Waals surface area contributed by atoms with Gasteiger partial charge in [-0.15, -0.1) is 0 Å². The summed E-state index contributed by atoms with van der Waals surface area (Å²) < 4.78 is 32.1. The molecular weight excluding hydrogens is 276 g/mol. The molecule has 1 rings (SSSR count). The van der Waals surface area contributed by atoms with E-state index >= 15 is 0 Å². The molecule has 0 saturated heterocycles. The molecule has 0 unspecified atom stereocenters. The largest absolute Gasteiger partial charge is 0.494 e. The number of hydrogen-bond donors (Lipinski definition) is 0. The fraction of sp³-hybridized carbons (Fsp3) is 0.600. The lowest BCUT2D eigenvalue weighted by Gasteiger charge is -2.07. The molecule has 0 saturated carbocycles. The van der Waals surface area contributed by atoms with Gasteiger partial charge in [0, 0.05) is 0 Å². The maximum atomic E-state index is 10.9. The van der Waals surface area contributed by atoms with Gasteiger partial charge in [-0.2, -0.15) is 8.42 Å². The lowest BCUT2D eigenvalue weighted by molar-refractivity contribution is 0.302. The number of unbranched alkanes of at least 4 members (excludes halogenated alkanes) is 4. The Morgan fingerprint density at radius 1 is 1.00 bits per heavy atom. The quantitative estimate of drug-likeness (QED) is 0.490. The van der Waals surface area contributed by atoms with Gasteiger partial charge in [-0.05, 0) is 24.1 Å². The van der Waals surface area contributed by atoms with Crippen molar-refractivity contribution >= 4 is 10.1 Å². The van der Waals surface area contributed by atoms with Crippen molar-refractivity contribution in [2.24, 2.45) is 0 Å². The number of rotatable bonds is 10. The Morgan fingerprint density at radius 2 is 1.65 bits per heavy atom. The van der Waals surface area contributed by atoms with Crippen LogP contribution in [0, 0.1) is 0 Å². The van der Waals surface area contributed by atoms with E-state index in [9.17, 15) is 8.42 Å². The minimum atomic E-state index is -3.39. The van der Waals surface area contributed by atoms with E-state index < -0.39 is 10.1 Å². The van der Waals surface area contributed by atoms with E-state index in [0.717, 1.165) is 30.6 Å². The second-order valence-electron chi connectivity index (χ2n) is 4.87. The summed E-state index contributed by atoms with van der Waals surface area (Å²) in [7, 11) is -3.39. The van der Waals surface area contributed by atoms with Gasteiger partial charge in [0.25, 0.3) is 10.1 Å². The third kappa shape index (κ3) is 8.17. The summed E-state index contributed by atoms with van der Waals surface area (Å²) in [6, 6.07) is 7.31. The molecule has 0 heterocycles. The summed E-state index contributed by atoms with van der Waals surface area (Å²) in [6.07, 6.45) is 7.12. The maximum absolute atomic E-state index is 10.9. The molecule has 1 aromatic rings. The van der Waals surface area contributed by atoms with Crippen molar-refractivity contribution in [3.8, 4) is 5.75 Å². The first-order valence-electron chi connectivity index (χ1n) is 7.07. The van der Waals surface area contributed by atoms with Gasteiger partial charge < -0.3 is 4.74 Å². The van der Waals surface area contributed by atoms with Gasteiger partial charge in [0.15, 0.2) is 0 Å². The zero-order valence-corrected chi connectivity index (χ0v) is 13.1. The first kappa shape index (κ1) is 17.0. The average molecular weight is 300 g/mol. The second-order valence-corrected chi connectivity index (χ2v) is 6.52. The van der Waals surface area contributed by atoms with Crippen LogP contribution in [0.2, 0.25) is 0 Å². The summed E-state index contributed by atoms with van der Waals surface area (Å²) >= 11 is 0. The van der Waals surface area contributed by atoms with Crippen LogP contribution in [0.15, 0.2) is 24.3 Å². The van der Waals surface area contributed by atoms with E-state index in [0.29, 0.717) is 0 Å². The first-order valence-corrected chi connectivity index (χ1v) is 8.89. The summed E-state index contributed by atoms with van der Waals surface area (Å²) in [5.41, 5.74) is 0.811. The molecule has 0 bridgehead atoms. The molecule has 5 heteroatoms. The summed E-state index contributed by atoms with van der Waals surface area (Å²) in [6.45, 7) is 2.99. The van der Waals surface area contributed by atoms with Crippen LogP contribution in [0.3, 0.4) is 0 Å². The minimum absolute atomic E-state index is 0.0656. The van der Waals surface area contributed by atoms with E-state index in [-0.39, 0.29) is 6.61 Å². The van der Waals surface area contributed by atoms with E-state index in [2.05, 4.69) is 6.92 Å². The highest BCUT2D eigenvalue weighted by Gasteiger charge is 2.02. The number of hydrogen-bond acceptors (Lipinski definition) is 4. The first-order chi connectivity index (χ1) is 9.51. The Kier molecular flexibility index (Phi) is 7.62. The number of ether oxygens (including phenoxy) is 1. The smallest absolute Gasteiger partial charge is 0.264 e. The Bertz CT molecular complexity index is 465. The van der Waals surface area contributed by atoms with Crippen LogP contribution in [-0.2, 0) is 20.9 Å². The highest BCUT2D eigenvalue weighted by atomic mass is 32.2. The Labute approximate surface area is 122 Å². The van der Waals surface area contributed by atoms with Crippen LogP contribution >= 0.6 is 0 Å².